The number of halogens is 1. The van der Waals surface area contributed by atoms with Gasteiger partial charge in [0.15, 0.2) is 0 Å². The maximum Gasteiger partial charge on any atom is 0.133 e. The highest BCUT2D eigenvalue weighted by Gasteiger charge is 2.21. The molecule has 1 saturated heterocycles. The fraction of sp³-hybridized carbons (Fsp3) is 0.312. The Morgan fingerprint density at radius 2 is 1.86 bits per heavy atom. The van der Waals surface area contributed by atoms with Crippen LogP contribution in [-0.2, 0) is 6.54 Å². The van der Waals surface area contributed by atoms with Gasteiger partial charge in [-0.3, -0.25) is 0 Å². The Labute approximate surface area is 129 Å². The second kappa shape index (κ2) is 5.71. The Hall–Kier alpha value is -2.12. The second-order valence-electron chi connectivity index (χ2n) is 5.33. The highest BCUT2D eigenvalue weighted by Crippen LogP contribution is 2.31. The minimum Gasteiger partial charge on any atom is -0.396 e. The van der Waals surface area contributed by atoms with Crippen LogP contribution in [0.4, 0.5) is 11.5 Å². The molecule has 1 aromatic carbocycles. The molecule has 0 radical (unpaired) electrons. The van der Waals surface area contributed by atoms with Gasteiger partial charge >= 0.3 is 0 Å². The van der Waals surface area contributed by atoms with E-state index in [-0.39, 0.29) is 0 Å². The van der Waals surface area contributed by atoms with E-state index in [9.17, 15) is 5.26 Å². The average molecular weight is 301 g/mol. The van der Waals surface area contributed by atoms with E-state index in [1.54, 1.807) is 6.07 Å². The molecule has 4 nitrogen and oxygen atoms in total. The van der Waals surface area contributed by atoms with Gasteiger partial charge in [0.05, 0.1) is 12.2 Å². The van der Waals surface area contributed by atoms with Crippen LogP contribution in [0, 0.1) is 11.3 Å². The Kier molecular flexibility index (Phi) is 3.76. The van der Waals surface area contributed by atoms with E-state index in [0.29, 0.717) is 22.9 Å². The fourth-order valence-corrected chi connectivity index (χ4v) is 2.99. The molecule has 5 heteroatoms. The van der Waals surface area contributed by atoms with Crippen LogP contribution in [0.25, 0.3) is 0 Å². The Morgan fingerprint density at radius 3 is 2.48 bits per heavy atom. The summed E-state index contributed by atoms with van der Waals surface area (Å²) < 4.78 is 2.00. The number of nitriles is 1. The van der Waals surface area contributed by atoms with Crippen molar-refractivity contribution in [2.45, 2.75) is 19.4 Å². The van der Waals surface area contributed by atoms with E-state index in [4.69, 9.17) is 17.3 Å². The third-order valence-corrected chi connectivity index (χ3v) is 4.12. The van der Waals surface area contributed by atoms with Crippen molar-refractivity contribution in [1.29, 1.82) is 5.26 Å². The third kappa shape index (κ3) is 2.70. The zero-order valence-electron chi connectivity index (χ0n) is 11.7. The van der Waals surface area contributed by atoms with E-state index in [1.807, 2.05) is 28.8 Å². The standard InChI is InChI=1S/C16H17ClN4/c17-13-5-3-12(4-6-13)11-21-14(10-18)9-15(19)16(21)20-7-1-2-8-20/h3-6,9H,1-2,7-8,11,19H2. The van der Waals surface area contributed by atoms with Gasteiger partial charge in [0.1, 0.15) is 17.6 Å². The van der Waals surface area contributed by atoms with E-state index < -0.39 is 0 Å². The third-order valence-electron chi connectivity index (χ3n) is 3.87. The zero-order chi connectivity index (χ0) is 14.8. The lowest BCUT2D eigenvalue weighted by atomic mass is 10.2. The molecule has 0 bridgehead atoms. The molecule has 1 aromatic heterocycles. The number of hydrogen-bond donors (Lipinski definition) is 1. The van der Waals surface area contributed by atoms with Crippen LogP contribution in [0.3, 0.4) is 0 Å². The van der Waals surface area contributed by atoms with Gasteiger partial charge in [0, 0.05) is 18.1 Å². The Bertz CT molecular complexity index is 676. The second-order valence-corrected chi connectivity index (χ2v) is 5.76. The molecule has 0 unspecified atom stereocenters. The van der Waals surface area contributed by atoms with Crippen LogP contribution in [0.1, 0.15) is 24.1 Å². The Morgan fingerprint density at radius 1 is 1.19 bits per heavy atom. The minimum absolute atomic E-state index is 0.601. The van der Waals surface area contributed by atoms with Gasteiger partial charge in [-0.25, -0.2) is 0 Å². The van der Waals surface area contributed by atoms with Crippen molar-refractivity contribution >= 4 is 23.1 Å². The van der Waals surface area contributed by atoms with E-state index in [0.717, 1.165) is 24.5 Å². The van der Waals surface area contributed by atoms with Gasteiger partial charge in [-0.15, -0.1) is 0 Å². The number of aromatic nitrogens is 1. The highest BCUT2D eigenvalue weighted by molar-refractivity contribution is 6.30. The van der Waals surface area contributed by atoms with Crippen LogP contribution in [0.2, 0.25) is 5.02 Å². The molecule has 0 amide bonds. The summed E-state index contributed by atoms with van der Waals surface area (Å²) in [6.45, 7) is 2.63. The van der Waals surface area contributed by atoms with Crippen molar-refractivity contribution in [2.24, 2.45) is 0 Å². The predicted molar refractivity (Wildman–Crippen MR) is 85.6 cm³/mol. The summed E-state index contributed by atoms with van der Waals surface area (Å²) in [7, 11) is 0. The number of hydrogen-bond acceptors (Lipinski definition) is 3. The number of anilines is 2. The normalized spacial score (nSPS) is 14.4. The molecule has 21 heavy (non-hydrogen) atoms. The number of nitrogens with two attached hydrogens (primary N) is 1. The summed E-state index contributed by atoms with van der Waals surface area (Å²) in [6, 6.07) is 11.7. The molecular weight excluding hydrogens is 284 g/mol. The first-order valence-corrected chi connectivity index (χ1v) is 7.45. The van der Waals surface area contributed by atoms with Crippen LogP contribution < -0.4 is 10.6 Å². The van der Waals surface area contributed by atoms with Crippen molar-refractivity contribution in [3.8, 4) is 6.07 Å². The molecule has 0 spiro atoms. The lowest BCUT2D eigenvalue weighted by Crippen LogP contribution is -2.23. The summed E-state index contributed by atoms with van der Waals surface area (Å²) in [5, 5.41) is 10.1. The molecular formula is C16H17ClN4. The van der Waals surface area contributed by atoms with Crippen molar-refractivity contribution in [2.75, 3.05) is 23.7 Å². The maximum atomic E-state index is 9.36. The van der Waals surface area contributed by atoms with E-state index in [1.165, 1.54) is 12.8 Å². The van der Waals surface area contributed by atoms with Gasteiger partial charge in [0.25, 0.3) is 0 Å². The van der Waals surface area contributed by atoms with Gasteiger partial charge in [-0.05, 0) is 36.6 Å². The molecule has 1 fully saturated rings. The number of nitrogen functional groups attached to an aromatic ring is 1. The number of rotatable bonds is 3. The number of nitrogens with zero attached hydrogens (tertiary/aromatic N) is 3. The molecule has 108 valence electrons. The van der Waals surface area contributed by atoms with Gasteiger partial charge in [0.2, 0.25) is 0 Å². The molecule has 2 aromatic rings. The van der Waals surface area contributed by atoms with Gasteiger partial charge < -0.3 is 15.2 Å². The summed E-state index contributed by atoms with van der Waals surface area (Å²) >= 11 is 5.92. The molecule has 2 heterocycles. The van der Waals surface area contributed by atoms with Crippen LogP contribution in [0.15, 0.2) is 30.3 Å². The molecule has 1 aliphatic rings. The van der Waals surface area contributed by atoms with Crippen molar-refractivity contribution < 1.29 is 0 Å². The molecule has 1 aliphatic heterocycles. The van der Waals surface area contributed by atoms with Crippen LogP contribution in [0.5, 0.6) is 0 Å². The molecule has 0 atom stereocenters. The molecule has 0 aliphatic carbocycles. The molecule has 0 saturated carbocycles. The lowest BCUT2D eigenvalue weighted by Gasteiger charge is -2.21. The van der Waals surface area contributed by atoms with Crippen LogP contribution in [-0.4, -0.2) is 17.7 Å². The van der Waals surface area contributed by atoms with Crippen molar-refractivity contribution in [1.82, 2.24) is 4.57 Å². The first kappa shape index (κ1) is 13.8. The summed E-state index contributed by atoms with van der Waals surface area (Å²) in [6.07, 6.45) is 2.35. The monoisotopic (exact) mass is 300 g/mol. The SMILES string of the molecule is N#Cc1cc(N)c(N2CCCC2)n1Cc1ccc(Cl)cc1. The summed E-state index contributed by atoms with van der Waals surface area (Å²) in [5.74, 6) is 0.971. The maximum absolute atomic E-state index is 9.36. The van der Waals surface area contributed by atoms with Crippen LogP contribution >= 0.6 is 11.6 Å². The van der Waals surface area contributed by atoms with E-state index >= 15 is 0 Å². The first-order chi connectivity index (χ1) is 10.2. The Balaban J connectivity index is 1.99. The molecule has 2 N–H and O–H groups in total. The average Bonchev–Trinajstić information content (AvgIpc) is 3.09. The number of benzene rings is 1. The topological polar surface area (TPSA) is 58.0 Å². The summed E-state index contributed by atoms with van der Waals surface area (Å²) in [4.78, 5) is 2.27. The zero-order valence-corrected chi connectivity index (χ0v) is 12.5. The lowest BCUT2D eigenvalue weighted by molar-refractivity contribution is 0.761. The van der Waals surface area contributed by atoms with Gasteiger partial charge in [-0.2, -0.15) is 5.26 Å². The fourth-order valence-electron chi connectivity index (χ4n) is 2.87. The summed E-state index contributed by atoms with van der Waals surface area (Å²) in [5.41, 5.74) is 8.53. The minimum atomic E-state index is 0.601. The smallest absolute Gasteiger partial charge is 0.133 e. The highest BCUT2D eigenvalue weighted by atomic mass is 35.5. The van der Waals surface area contributed by atoms with Crippen molar-refractivity contribution in [3.63, 3.8) is 0 Å². The predicted octanol–water partition coefficient (Wildman–Crippen LogP) is 3.24. The van der Waals surface area contributed by atoms with Crippen molar-refractivity contribution in [3.05, 3.63) is 46.6 Å². The van der Waals surface area contributed by atoms with E-state index in [2.05, 4.69) is 11.0 Å². The van der Waals surface area contributed by atoms with Gasteiger partial charge in [-0.1, -0.05) is 23.7 Å². The molecule has 3 rings (SSSR count). The quantitative estimate of drug-likeness (QED) is 0.946. The largest absolute Gasteiger partial charge is 0.396 e. The first-order valence-electron chi connectivity index (χ1n) is 7.07.